The second-order valence-electron chi connectivity index (χ2n) is 6.48. The number of carboxylic acid groups (broad SMARTS) is 1. The molecule has 0 aliphatic carbocycles. The van der Waals surface area contributed by atoms with Crippen molar-refractivity contribution in [1.82, 2.24) is 14.3 Å². The van der Waals surface area contributed by atoms with Crippen molar-refractivity contribution in [3.8, 4) is 11.3 Å². The van der Waals surface area contributed by atoms with Gasteiger partial charge in [-0.05, 0) is 31.3 Å². The van der Waals surface area contributed by atoms with Crippen LogP contribution < -0.4 is 5.32 Å². The lowest BCUT2D eigenvalue weighted by molar-refractivity contribution is -0.145. The maximum absolute atomic E-state index is 15.7. The van der Waals surface area contributed by atoms with Gasteiger partial charge in [0.1, 0.15) is 10.8 Å². The molecule has 33 heavy (non-hydrogen) atoms. The first-order valence-electron chi connectivity index (χ1n) is 9.28. The summed E-state index contributed by atoms with van der Waals surface area (Å²) in [6.07, 6.45) is 2.07. The zero-order valence-corrected chi connectivity index (χ0v) is 18.5. The van der Waals surface area contributed by atoms with Crippen LogP contribution in [0.15, 0.2) is 71.9 Å². The van der Waals surface area contributed by atoms with Crippen LogP contribution in [0.2, 0.25) is 5.15 Å². The number of ether oxygens (including phenoxy) is 1. The summed E-state index contributed by atoms with van der Waals surface area (Å²) in [7, 11) is -2.95. The van der Waals surface area contributed by atoms with E-state index in [9.17, 15) is 18.0 Å². The van der Waals surface area contributed by atoms with Crippen molar-refractivity contribution in [2.45, 2.75) is 11.1 Å². The van der Waals surface area contributed by atoms with E-state index in [0.717, 1.165) is 6.20 Å². The molecular formula is C21H17ClFN3O6S. The van der Waals surface area contributed by atoms with Gasteiger partial charge in [0.05, 0.1) is 10.5 Å². The number of aromatic nitrogens is 2. The predicted octanol–water partition coefficient (Wildman–Crippen LogP) is 2.98. The van der Waals surface area contributed by atoms with E-state index >= 15 is 4.39 Å². The predicted molar refractivity (Wildman–Crippen MR) is 116 cm³/mol. The maximum Gasteiger partial charge on any atom is 0.332 e. The largest absolute Gasteiger partial charge is 0.478 e. The van der Waals surface area contributed by atoms with Crippen LogP contribution in [0, 0.1) is 5.82 Å². The highest BCUT2D eigenvalue weighted by Crippen LogP contribution is 2.36. The van der Waals surface area contributed by atoms with Gasteiger partial charge in [0.15, 0.2) is 12.0 Å². The van der Waals surface area contributed by atoms with E-state index in [1.165, 1.54) is 49.6 Å². The molecular weight excluding hydrogens is 477 g/mol. The van der Waals surface area contributed by atoms with Crippen molar-refractivity contribution in [2.24, 2.45) is 0 Å². The first kappa shape index (κ1) is 24.1. The van der Waals surface area contributed by atoms with E-state index in [1.54, 1.807) is 6.07 Å². The quantitative estimate of drug-likeness (QED) is 0.212. The zero-order chi connectivity index (χ0) is 24.2. The smallest absolute Gasteiger partial charge is 0.332 e. The van der Waals surface area contributed by atoms with Crippen LogP contribution in [-0.2, 0) is 24.3 Å². The van der Waals surface area contributed by atoms with Crippen molar-refractivity contribution in [3.05, 3.63) is 83.5 Å². The highest BCUT2D eigenvalue weighted by molar-refractivity contribution is 7.90. The lowest BCUT2D eigenvalue weighted by Crippen LogP contribution is -2.23. The number of nitrogens with one attached hydrogen (secondary N) is 1. The first-order valence-corrected chi connectivity index (χ1v) is 11.1. The second-order valence-corrected chi connectivity index (χ2v) is 8.65. The minimum Gasteiger partial charge on any atom is -0.478 e. The fourth-order valence-electron chi connectivity index (χ4n) is 2.93. The molecule has 1 unspecified atom stereocenters. The molecule has 0 fully saturated rings. The number of rotatable bonds is 8. The molecule has 0 aliphatic heterocycles. The zero-order valence-electron chi connectivity index (χ0n) is 17.0. The summed E-state index contributed by atoms with van der Waals surface area (Å²) >= 11 is 6.13. The molecule has 0 saturated heterocycles. The Morgan fingerprint density at radius 3 is 2.52 bits per heavy atom. The van der Waals surface area contributed by atoms with Crippen LogP contribution in [0.3, 0.4) is 0 Å². The number of carbonyl (C=O) groups is 2. The number of esters is 1. The summed E-state index contributed by atoms with van der Waals surface area (Å²) in [5.74, 6) is -3.50. The van der Waals surface area contributed by atoms with E-state index < -0.39 is 39.7 Å². The number of aliphatic carboxylic acids is 1. The Kier molecular flexibility index (Phi) is 7.26. The molecule has 3 rings (SSSR count). The molecule has 2 N–H and O–H groups in total. The maximum atomic E-state index is 15.7. The lowest BCUT2D eigenvalue weighted by atomic mass is 10.1. The molecule has 2 heterocycles. The molecule has 9 nitrogen and oxygen atoms in total. The van der Waals surface area contributed by atoms with Gasteiger partial charge < -0.3 is 9.84 Å². The minimum atomic E-state index is -4.30. The highest BCUT2D eigenvalue weighted by Gasteiger charge is 2.31. The standard InChI is InChI=1S/C21H17ClFN3O6S/c1-24-21(32-17(29)10-9-16(27)28)15-12-26(33(30,31)13-6-3-2-4-7-13)19(18(15)23)14-8-5-11-25-20(14)22/h2-12,21,24H,1H3,(H,27,28)/b10-9+. The average Bonchev–Trinajstić information content (AvgIpc) is 3.14. The summed E-state index contributed by atoms with van der Waals surface area (Å²) in [5, 5.41) is 11.1. The van der Waals surface area contributed by atoms with Gasteiger partial charge in [0, 0.05) is 30.1 Å². The summed E-state index contributed by atoms with van der Waals surface area (Å²) < 4.78 is 48.1. The van der Waals surface area contributed by atoms with Crippen LogP contribution in [0.5, 0.6) is 0 Å². The molecule has 0 radical (unpaired) electrons. The van der Waals surface area contributed by atoms with E-state index in [-0.39, 0.29) is 21.2 Å². The van der Waals surface area contributed by atoms with Gasteiger partial charge in [-0.1, -0.05) is 29.8 Å². The van der Waals surface area contributed by atoms with Gasteiger partial charge in [-0.25, -0.2) is 31.4 Å². The SMILES string of the molecule is CNC(OC(=O)/C=C/C(=O)O)c1cn(S(=O)(=O)c2ccccc2)c(-c2cccnc2Cl)c1F. The van der Waals surface area contributed by atoms with Crippen molar-refractivity contribution >= 4 is 33.6 Å². The topological polar surface area (TPSA) is 128 Å². The molecule has 0 aliphatic rings. The van der Waals surface area contributed by atoms with Crippen LogP contribution in [-0.4, -0.2) is 41.5 Å². The Morgan fingerprint density at radius 1 is 1.21 bits per heavy atom. The van der Waals surface area contributed by atoms with Gasteiger partial charge in [-0.2, -0.15) is 0 Å². The van der Waals surface area contributed by atoms with Gasteiger partial charge in [-0.3, -0.25) is 5.32 Å². The van der Waals surface area contributed by atoms with E-state index in [2.05, 4.69) is 10.3 Å². The molecule has 3 aromatic rings. The van der Waals surface area contributed by atoms with Crippen molar-refractivity contribution < 1.29 is 32.2 Å². The third-order valence-electron chi connectivity index (χ3n) is 4.39. The third kappa shape index (κ3) is 5.11. The summed E-state index contributed by atoms with van der Waals surface area (Å²) in [6, 6.07) is 10.2. The van der Waals surface area contributed by atoms with E-state index in [0.29, 0.717) is 16.1 Å². The minimum absolute atomic E-state index is 0.00521. The number of nitrogens with zero attached hydrogens (tertiary/aromatic N) is 2. The van der Waals surface area contributed by atoms with Crippen LogP contribution >= 0.6 is 11.6 Å². The molecule has 0 amide bonds. The third-order valence-corrected chi connectivity index (χ3v) is 6.37. The van der Waals surface area contributed by atoms with Crippen LogP contribution in [0.4, 0.5) is 4.39 Å². The molecule has 12 heteroatoms. The second kappa shape index (κ2) is 9.94. The molecule has 172 valence electrons. The molecule has 1 aromatic carbocycles. The number of pyridine rings is 1. The number of benzene rings is 1. The van der Waals surface area contributed by atoms with Crippen molar-refractivity contribution in [1.29, 1.82) is 0 Å². The van der Waals surface area contributed by atoms with Crippen LogP contribution in [0.25, 0.3) is 11.3 Å². The molecule has 0 bridgehead atoms. The Labute approximate surface area is 193 Å². The number of hydrogen-bond donors (Lipinski definition) is 2. The monoisotopic (exact) mass is 493 g/mol. The van der Waals surface area contributed by atoms with Crippen molar-refractivity contribution in [3.63, 3.8) is 0 Å². The fourth-order valence-corrected chi connectivity index (χ4v) is 4.54. The number of carbonyl (C=O) groups excluding carboxylic acids is 1. The van der Waals surface area contributed by atoms with Gasteiger partial charge in [-0.15, -0.1) is 0 Å². The summed E-state index contributed by atoms with van der Waals surface area (Å²) in [6.45, 7) is 0. The lowest BCUT2D eigenvalue weighted by Gasteiger charge is -2.15. The van der Waals surface area contributed by atoms with E-state index in [1.807, 2.05) is 0 Å². The molecule has 1 atom stereocenters. The Balaban J connectivity index is 2.20. The average molecular weight is 494 g/mol. The Morgan fingerprint density at radius 2 is 1.91 bits per heavy atom. The molecule has 0 spiro atoms. The fraction of sp³-hybridized carbons (Fsp3) is 0.0952. The number of halogens is 2. The van der Waals surface area contributed by atoms with Gasteiger partial charge >= 0.3 is 11.9 Å². The van der Waals surface area contributed by atoms with Crippen LogP contribution in [0.1, 0.15) is 11.8 Å². The Bertz CT molecular complexity index is 1330. The summed E-state index contributed by atoms with van der Waals surface area (Å²) in [5.41, 5.74) is -0.747. The number of carboxylic acids is 1. The van der Waals surface area contributed by atoms with Crippen molar-refractivity contribution in [2.75, 3.05) is 7.05 Å². The Hall–Kier alpha value is -3.54. The van der Waals surface area contributed by atoms with Gasteiger partial charge in [0.2, 0.25) is 0 Å². The highest BCUT2D eigenvalue weighted by atomic mass is 35.5. The normalized spacial score (nSPS) is 12.6. The first-order chi connectivity index (χ1) is 15.7. The number of hydrogen-bond acceptors (Lipinski definition) is 7. The molecule has 0 saturated carbocycles. The summed E-state index contributed by atoms with van der Waals surface area (Å²) in [4.78, 5) is 26.3. The molecule has 2 aromatic heterocycles. The van der Waals surface area contributed by atoms with E-state index in [4.69, 9.17) is 21.4 Å². The van der Waals surface area contributed by atoms with Gasteiger partial charge in [0.25, 0.3) is 10.0 Å².